The molecule has 59 heavy (non-hydrogen) atoms. The molecular weight excluding hydrogens is 902 g/mol. The first-order chi connectivity index (χ1) is 30.0. The Labute approximate surface area is 372 Å². The van der Waals surface area contributed by atoms with Gasteiger partial charge < -0.3 is 5.11 Å². The van der Waals surface area contributed by atoms with Crippen LogP contribution in [0.15, 0.2) is 133 Å². The molecule has 6 aromatic carbocycles. The van der Waals surface area contributed by atoms with Crippen molar-refractivity contribution in [1.82, 2.24) is 14.5 Å². The van der Waals surface area contributed by atoms with Crippen molar-refractivity contribution in [2.45, 2.75) is 79.5 Å². The zero-order valence-corrected chi connectivity index (χ0v) is 37.3. The van der Waals surface area contributed by atoms with Crippen LogP contribution in [0.1, 0.15) is 96.3 Å². The topological polar surface area (TPSA) is 50.9 Å². The monoisotopic (exact) mass is 959 g/mol. The largest absolute Gasteiger partial charge is 0.507 e. The maximum atomic E-state index is 11.3. The normalized spacial score (nSPS) is 13.5. The number of pyridine rings is 1. The number of imidazole rings is 1. The number of hydrogen-bond acceptors (Lipinski definition) is 3. The van der Waals surface area contributed by atoms with E-state index in [9.17, 15) is 5.11 Å². The van der Waals surface area contributed by atoms with Gasteiger partial charge in [0.1, 0.15) is 11.6 Å². The molecule has 2 aromatic heterocycles. The Morgan fingerprint density at radius 3 is 2.02 bits per heavy atom. The SMILES string of the molecule is [2H]c1c([2H])c(-c2ccnc(-c3[c-]c(-c4cccc5c4nc(-c4ccccc4O)n5-c4ccc(-c5cc(C([2H])(C)C)cc(C([2H])(C)C)c5)cc4C)cc(C(C)(C)C)c3)c2)c([2H])c([2H])c1C.[Pt]. The molecule has 0 aliphatic rings. The van der Waals surface area contributed by atoms with Gasteiger partial charge in [-0.25, -0.2) is 4.98 Å². The summed E-state index contributed by atoms with van der Waals surface area (Å²) >= 11 is 0. The molecule has 0 fully saturated rings. The molecule has 0 saturated carbocycles. The van der Waals surface area contributed by atoms with Crippen molar-refractivity contribution in [2.75, 3.05) is 0 Å². The fourth-order valence-corrected chi connectivity index (χ4v) is 7.40. The van der Waals surface area contributed by atoms with Crippen LogP contribution < -0.4 is 0 Å². The number of nitrogens with zero attached hydrogens (tertiary/aromatic N) is 3. The summed E-state index contributed by atoms with van der Waals surface area (Å²) in [6.07, 6.45) is 1.63. The molecule has 300 valence electrons. The van der Waals surface area contributed by atoms with E-state index in [1.165, 1.54) is 0 Å². The standard InChI is InChI=1S/C54H52N3O.Pt/c1-33(2)40-26-41(34(3)4)28-42(27-40)38-21-22-49(36(6)25-38)57-50-15-12-14-46(52(50)56-53(57)47-13-10-11-16-51(47)58)43-29-44(31-45(30-43)54(7,8)9)48-32-39(23-24-55-48)37-19-17-35(5)18-20-37;/h10-28,30-34,58H,1-9H3;/q-1;/i17D,18D,19D,20D,33D,34D;. The Morgan fingerprint density at radius 2 is 1.36 bits per heavy atom. The van der Waals surface area contributed by atoms with Gasteiger partial charge in [0, 0.05) is 35.7 Å². The summed E-state index contributed by atoms with van der Waals surface area (Å²) in [7, 11) is 0. The average Bonchev–Trinajstić information content (AvgIpc) is 3.63. The summed E-state index contributed by atoms with van der Waals surface area (Å²) < 4.78 is 54.2. The van der Waals surface area contributed by atoms with E-state index >= 15 is 0 Å². The van der Waals surface area contributed by atoms with Crippen molar-refractivity contribution < 1.29 is 34.4 Å². The molecule has 5 heteroatoms. The van der Waals surface area contributed by atoms with Gasteiger partial charge in [-0.15, -0.1) is 29.3 Å². The Morgan fingerprint density at radius 1 is 0.695 bits per heavy atom. The molecule has 0 unspecified atom stereocenters. The fraction of sp³-hybridized carbons (Fsp3) is 0.222. The number of para-hydroxylation sites is 2. The van der Waals surface area contributed by atoms with Crippen LogP contribution in [0.2, 0.25) is 0 Å². The van der Waals surface area contributed by atoms with E-state index in [0.29, 0.717) is 39.3 Å². The predicted octanol–water partition coefficient (Wildman–Crippen LogP) is 14.4. The maximum Gasteiger partial charge on any atom is 0.148 e. The molecule has 0 bridgehead atoms. The van der Waals surface area contributed by atoms with E-state index in [1.54, 1.807) is 37.4 Å². The molecular formula is C54H52N3OPt-. The maximum absolute atomic E-state index is 11.3. The Hall–Kier alpha value is -5.57. The number of aromatic nitrogens is 3. The second kappa shape index (κ2) is 16.6. The van der Waals surface area contributed by atoms with Gasteiger partial charge in [0.25, 0.3) is 0 Å². The van der Waals surface area contributed by atoms with Crippen molar-refractivity contribution in [2.24, 2.45) is 0 Å². The van der Waals surface area contributed by atoms with E-state index in [0.717, 1.165) is 55.7 Å². The van der Waals surface area contributed by atoms with Gasteiger partial charge in [-0.05, 0) is 106 Å². The van der Waals surface area contributed by atoms with E-state index in [2.05, 4.69) is 68.7 Å². The summed E-state index contributed by atoms with van der Waals surface area (Å²) in [6.45, 7) is 17.6. The van der Waals surface area contributed by atoms with Crippen LogP contribution in [0, 0.1) is 19.9 Å². The molecule has 0 aliphatic heterocycles. The average molecular weight is 960 g/mol. The minimum atomic E-state index is -0.851. The van der Waals surface area contributed by atoms with Crippen molar-refractivity contribution in [3.05, 3.63) is 167 Å². The molecule has 8 rings (SSSR count). The predicted molar refractivity (Wildman–Crippen MR) is 243 cm³/mol. The van der Waals surface area contributed by atoms with Crippen LogP contribution in [-0.2, 0) is 26.5 Å². The van der Waals surface area contributed by atoms with E-state index < -0.39 is 11.8 Å². The van der Waals surface area contributed by atoms with Crippen LogP contribution in [0.3, 0.4) is 0 Å². The number of phenolic OH excluding ortho intramolecular Hbond substituents is 1. The Bertz CT molecular complexity index is 3090. The van der Waals surface area contributed by atoms with Gasteiger partial charge in [-0.3, -0.25) is 9.55 Å². The molecule has 0 atom stereocenters. The fourth-order valence-electron chi connectivity index (χ4n) is 7.40. The minimum Gasteiger partial charge on any atom is -0.507 e. The molecule has 8 aromatic rings. The molecule has 0 radical (unpaired) electrons. The van der Waals surface area contributed by atoms with Crippen molar-refractivity contribution >= 4 is 11.0 Å². The molecule has 0 amide bonds. The van der Waals surface area contributed by atoms with Gasteiger partial charge in [0.05, 0.1) is 27.8 Å². The van der Waals surface area contributed by atoms with Crippen LogP contribution >= 0.6 is 0 Å². The van der Waals surface area contributed by atoms with Gasteiger partial charge in [-0.2, -0.15) is 0 Å². The van der Waals surface area contributed by atoms with E-state index in [4.69, 9.17) is 18.2 Å². The van der Waals surface area contributed by atoms with Crippen LogP contribution in [0.25, 0.3) is 72.7 Å². The van der Waals surface area contributed by atoms with Crippen molar-refractivity contribution in [3.63, 3.8) is 0 Å². The van der Waals surface area contributed by atoms with Gasteiger partial charge in [0.15, 0.2) is 0 Å². The Balaban J connectivity index is 0.00000630. The van der Waals surface area contributed by atoms with Crippen LogP contribution in [-0.4, -0.2) is 19.6 Å². The second-order valence-electron chi connectivity index (χ2n) is 16.6. The number of fused-ring (bicyclic) bond motifs is 1. The molecule has 4 nitrogen and oxygen atoms in total. The Kier molecular flexibility index (Phi) is 9.65. The number of aryl methyl sites for hydroxylation is 1. The molecule has 0 spiro atoms. The van der Waals surface area contributed by atoms with Crippen molar-refractivity contribution in [1.29, 1.82) is 0 Å². The summed E-state index contributed by atoms with van der Waals surface area (Å²) in [5, 5.41) is 11.3. The summed E-state index contributed by atoms with van der Waals surface area (Å²) in [5.41, 5.74) is 12.2. The van der Waals surface area contributed by atoms with E-state index in [1.807, 2.05) is 76.2 Å². The number of phenols is 1. The third-order valence-electron chi connectivity index (χ3n) is 10.8. The van der Waals surface area contributed by atoms with Crippen LogP contribution in [0.4, 0.5) is 0 Å². The number of benzene rings is 6. The summed E-state index contributed by atoms with van der Waals surface area (Å²) in [6, 6.07) is 36.6. The van der Waals surface area contributed by atoms with Gasteiger partial charge >= 0.3 is 0 Å². The second-order valence-corrected chi connectivity index (χ2v) is 16.6. The first-order valence-electron chi connectivity index (χ1n) is 22.7. The first-order valence-corrected chi connectivity index (χ1v) is 19.7. The number of hydrogen-bond donors (Lipinski definition) is 1. The third-order valence-corrected chi connectivity index (χ3v) is 10.8. The first kappa shape index (κ1) is 34.3. The molecule has 0 aliphatic carbocycles. The third kappa shape index (κ3) is 8.34. The number of aromatic hydroxyl groups is 1. The molecule has 1 N–H and O–H groups in total. The minimum absolute atomic E-state index is 0. The zero-order chi connectivity index (χ0) is 46.2. The van der Waals surface area contributed by atoms with Gasteiger partial charge in [-0.1, -0.05) is 144 Å². The number of rotatable bonds is 8. The van der Waals surface area contributed by atoms with Gasteiger partial charge in [0.2, 0.25) is 0 Å². The molecule has 2 heterocycles. The van der Waals surface area contributed by atoms with Crippen molar-refractivity contribution in [3.8, 4) is 67.5 Å². The van der Waals surface area contributed by atoms with Crippen LogP contribution in [0.5, 0.6) is 5.75 Å². The summed E-state index contributed by atoms with van der Waals surface area (Å²) in [4.78, 5) is 10.1. The van der Waals surface area contributed by atoms with E-state index in [-0.39, 0.29) is 62.0 Å². The molecule has 0 saturated heterocycles. The summed E-state index contributed by atoms with van der Waals surface area (Å²) in [5.74, 6) is -1.04. The smallest absolute Gasteiger partial charge is 0.148 e. The zero-order valence-electron chi connectivity index (χ0n) is 41.0. The quantitative estimate of drug-likeness (QED) is 0.154.